The van der Waals surface area contributed by atoms with Crippen molar-refractivity contribution >= 4 is 6.09 Å². The van der Waals surface area contributed by atoms with Gasteiger partial charge in [-0.25, -0.2) is 9.18 Å². The minimum Gasteiger partial charge on any atom is -0.444 e. The number of hydrogen-bond donors (Lipinski definition) is 0. The number of pyridine rings is 1. The van der Waals surface area contributed by atoms with Crippen LogP contribution >= 0.6 is 0 Å². The van der Waals surface area contributed by atoms with E-state index in [0.717, 1.165) is 6.42 Å². The number of aromatic nitrogens is 3. The van der Waals surface area contributed by atoms with Gasteiger partial charge in [0.15, 0.2) is 0 Å². The van der Waals surface area contributed by atoms with E-state index in [0.29, 0.717) is 41.5 Å². The number of amides is 1. The van der Waals surface area contributed by atoms with E-state index in [2.05, 4.69) is 27.0 Å². The molecule has 8 heteroatoms. The number of halogens is 1. The molecule has 1 aliphatic rings. The van der Waals surface area contributed by atoms with E-state index in [1.807, 2.05) is 27.7 Å². The number of nitrogens with zero attached hydrogens (tertiary/aromatic N) is 4. The lowest BCUT2D eigenvalue weighted by atomic mass is 9.99. The standard InChI is InChI=1S/C25H25FN4O3/c1-24(2,3)32-23(31)30-14-6-13-25(30,4)22-28-21(29-33-22)20-12-11-18(16-27-20)10-9-17-7-5-8-19(26)15-17/h5,7-8,11-12,15-16H,6,13-14H2,1-4H3. The molecule has 1 fully saturated rings. The van der Waals surface area contributed by atoms with E-state index >= 15 is 0 Å². The second-order valence-electron chi connectivity index (χ2n) is 9.12. The van der Waals surface area contributed by atoms with Gasteiger partial charge in [0, 0.05) is 23.9 Å². The van der Waals surface area contributed by atoms with Gasteiger partial charge in [-0.3, -0.25) is 9.88 Å². The summed E-state index contributed by atoms with van der Waals surface area (Å²) in [6.45, 7) is 7.96. The van der Waals surface area contributed by atoms with Crippen LogP contribution in [0.2, 0.25) is 0 Å². The minimum atomic E-state index is -0.746. The minimum absolute atomic E-state index is 0.326. The van der Waals surface area contributed by atoms with Crippen LogP contribution in [0.5, 0.6) is 0 Å². The van der Waals surface area contributed by atoms with Gasteiger partial charge in [0.1, 0.15) is 22.7 Å². The highest BCUT2D eigenvalue weighted by atomic mass is 19.1. The lowest BCUT2D eigenvalue weighted by molar-refractivity contribution is 0.00443. The topological polar surface area (TPSA) is 81.4 Å². The average molecular weight is 448 g/mol. The van der Waals surface area contributed by atoms with Crippen LogP contribution in [0.1, 0.15) is 57.6 Å². The summed E-state index contributed by atoms with van der Waals surface area (Å²) < 4.78 is 24.4. The molecule has 0 bridgehead atoms. The predicted molar refractivity (Wildman–Crippen MR) is 119 cm³/mol. The second kappa shape index (κ2) is 8.66. The molecule has 3 heterocycles. The SMILES string of the molecule is CC(C)(C)OC(=O)N1CCCC1(C)c1nc(-c2ccc(C#Cc3cccc(F)c3)cn2)no1. The Hall–Kier alpha value is -3.73. The van der Waals surface area contributed by atoms with E-state index in [4.69, 9.17) is 9.26 Å². The van der Waals surface area contributed by atoms with Crippen molar-refractivity contribution in [2.24, 2.45) is 0 Å². The van der Waals surface area contributed by atoms with Crippen LogP contribution in [-0.2, 0) is 10.3 Å². The molecule has 0 radical (unpaired) electrons. The Bertz CT molecular complexity index is 1220. The summed E-state index contributed by atoms with van der Waals surface area (Å²) in [7, 11) is 0. The van der Waals surface area contributed by atoms with Gasteiger partial charge in [-0.15, -0.1) is 0 Å². The third-order valence-electron chi connectivity index (χ3n) is 5.31. The maximum Gasteiger partial charge on any atom is 0.411 e. The van der Waals surface area contributed by atoms with Crippen LogP contribution in [0.15, 0.2) is 47.1 Å². The van der Waals surface area contributed by atoms with Crippen LogP contribution in [0, 0.1) is 17.7 Å². The summed E-state index contributed by atoms with van der Waals surface area (Å²) in [6.07, 6.45) is 2.70. The quantitative estimate of drug-likeness (QED) is 0.518. The van der Waals surface area contributed by atoms with E-state index in [1.54, 1.807) is 35.4 Å². The highest BCUT2D eigenvalue weighted by Gasteiger charge is 2.47. The normalized spacial score (nSPS) is 18.0. The van der Waals surface area contributed by atoms with Crippen molar-refractivity contribution in [3.8, 4) is 23.4 Å². The molecule has 1 aliphatic heterocycles. The molecule has 1 saturated heterocycles. The molecule has 1 aromatic carbocycles. The predicted octanol–water partition coefficient (Wildman–Crippen LogP) is 4.92. The summed E-state index contributed by atoms with van der Waals surface area (Å²) in [6, 6.07) is 9.63. The summed E-state index contributed by atoms with van der Waals surface area (Å²) in [5.41, 5.74) is 0.437. The van der Waals surface area contributed by atoms with Crippen molar-refractivity contribution in [1.82, 2.24) is 20.0 Å². The van der Waals surface area contributed by atoms with Crippen LogP contribution in [-0.4, -0.2) is 38.3 Å². The lowest BCUT2D eigenvalue weighted by Gasteiger charge is -2.33. The number of ether oxygens (including phenoxy) is 1. The van der Waals surface area contributed by atoms with Crippen molar-refractivity contribution in [3.05, 3.63) is 65.4 Å². The zero-order valence-electron chi connectivity index (χ0n) is 19.1. The molecule has 7 nitrogen and oxygen atoms in total. The number of likely N-dealkylation sites (tertiary alicyclic amines) is 1. The number of carbonyl (C=O) groups excluding carboxylic acids is 1. The Labute approximate surface area is 192 Å². The molecule has 0 aliphatic carbocycles. The monoisotopic (exact) mass is 448 g/mol. The molecule has 0 saturated carbocycles. The Morgan fingerprint density at radius 3 is 2.70 bits per heavy atom. The Morgan fingerprint density at radius 1 is 1.21 bits per heavy atom. The molecule has 1 amide bonds. The third-order valence-corrected chi connectivity index (χ3v) is 5.31. The fraction of sp³-hybridized carbons (Fsp3) is 0.360. The summed E-state index contributed by atoms with van der Waals surface area (Å²) in [5.74, 6) is 6.21. The zero-order valence-corrected chi connectivity index (χ0v) is 19.1. The van der Waals surface area contributed by atoms with Gasteiger partial charge < -0.3 is 9.26 Å². The smallest absolute Gasteiger partial charge is 0.411 e. The molecular formula is C25H25FN4O3. The first kappa shape index (κ1) is 22.5. The molecule has 4 rings (SSSR count). The largest absolute Gasteiger partial charge is 0.444 e. The van der Waals surface area contributed by atoms with Gasteiger partial charge in [-0.2, -0.15) is 4.98 Å². The maximum absolute atomic E-state index is 13.3. The van der Waals surface area contributed by atoms with Crippen molar-refractivity contribution in [2.45, 2.75) is 51.7 Å². The summed E-state index contributed by atoms with van der Waals surface area (Å²) >= 11 is 0. The Kier molecular flexibility index (Phi) is 5.90. The van der Waals surface area contributed by atoms with E-state index in [9.17, 15) is 9.18 Å². The molecule has 170 valence electrons. The molecule has 2 aromatic heterocycles. The first-order valence-electron chi connectivity index (χ1n) is 10.7. The van der Waals surface area contributed by atoms with Crippen molar-refractivity contribution in [2.75, 3.05) is 6.54 Å². The number of hydrogen-bond acceptors (Lipinski definition) is 6. The van der Waals surface area contributed by atoms with E-state index < -0.39 is 17.2 Å². The van der Waals surface area contributed by atoms with Crippen molar-refractivity contribution < 1.29 is 18.4 Å². The maximum atomic E-state index is 13.3. The highest BCUT2D eigenvalue weighted by molar-refractivity contribution is 5.70. The third kappa shape index (κ3) is 5.03. The first-order chi connectivity index (χ1) is 15.6. The van der Waals surface area contributed by atoms with Gasteiger partial charge in [-0.1, -0.05) is 23.1 Å². The molecule has 1 atom stereocenters. The van der Waals surface area contributed by atoms with Gasteiger partial charge in [-0.05, 0) is 70.9 Å². The first-order valence-corrected chi connectivity index (χ1v) is 10.7. The van der Waals surface area contributed by atoms with Gasteiger partial charge in [0.05, 0.1) is 0 Å². The molecule has 3 aromatic rings. The Balaban J connectivity index is 1.52. The molecule has 0 N–H and O–H groups in total. The highest BCUT2D eigenvalue weighted by Crippen LogP contribution is 2.39. The number of rotatable bonds is 2. The fourth-order valence-corrected chi connectivity index (χ4v) is 3.65. The van der Waals surface area contributed by atoms with E-state index in [-0.39, 0.29) is 5.82 Å². The molecule has 1 unspecified atom stereocenters. The molecule has 0 spiro atoms. The number of carbonyl (C=O) groups is 1. The van der Waals surface area contributed by atoms with Gasteiger partial charge in [0.2, 0.25) is 5.82 Å². The van der Waals surface area contributed by atoms with Crippen molar-refractivity contribution in [1.29, 1.82) is 0 Å². The summed E-state index contributed by atoms with van der Waals surface area (Å²) in [5, 5.41) is 4.07. The Morgan fingerprint density at radius 2 is 2.00 bits per heavy atom. The fourth-order valence-electron chi connectivity index (χ4n) is 3.65. The van der Waals surface area contributed by atoms with Gasteiger partial charge in [0.25, 0.3) is 5.89 Å². The summed E-state index contributed by atoms with van der Waals surface area (Å²) in [4.78, 5) is 23.3. The van der Waals surface area contributed by atoms with Crippen molar-refractivity contribution in [3.63, 3.8) is 0 Å². The van der Waals surface area contributed by atoms with Crippen LogP contribution in [0.4, 0.5) is 9.18 Å². The average Bonchev–Trinajstić information content (AvgIpc) is 3.40. The molecular weight excluding hydrogens is 423 g/mol. The van der Waals surface area contributed by atoms with Crippen LogP contribution in [0.25, 0.3) is 11.5 Å². The lowest BCUT2D eigenvalue weighted by Crippen LogP contribution is -2.45. The van der Waals surface area contributed by atoms with E-state index in [1.165, 1.54) is 12.1 Å². The van der Waals surface area contributed by atoms with Gasteiger partial charge >= 0.3 is 6.09 Å². The molecule has 33 heavy (non-hydrogen) atoms. The second-order valence-corrected chi connectivity index (χ2v) is 9.12. The zero-order chi connectivity index (χ0) is 23.6. The van der Waals surface area contributed by atoms with Crippen LogP contribution < -0.4 is 0 Å². The number of benzene rings is 1. The van der Waals surface area contributed by atoms with Crippen LogP contribution in [0.3, 0.4) is 0 Å².